The van der Waals surface area contributed by atoms with Crippen LogP contribution in [0.5, 0.6) is 0 Å². The Morgan fingerprint density at radius 1 is 0.694 bits per heavy atom. The molecule has 1 fully saturated rings. The van der Waals surface area contributed by atoms with Gasteiger partial charge in [-0.25, -0.2) is 4.98 Å². The van der Waals surface area contributed by atoms with Crippen molar-refractivity contribution in [3.63, 3.8) is 0 Å². The number of aromatic nitrogens is 2. The van der Waals surface area contributed by atoms with Gasteiger partial charge in [0.25, 0.3) is 0 Å². The zero-order chi connectivity index (χ0) is 22.6. The standard InChI is InChI=1S/C29H32N4.3ClH/c1-23-13-15-27(16-14-23)33-22-30-28(24(33)2)21-31-17-19-32(20-18-31)29(25-9-5-3-6-10-25)26-11-7-4-8-12-26;;;/h3-16,22,29H,17-21H2,1-2H3;3*1H. The van der Waals surface area contributed by atoms with E-state index in [1.807, 2.05) is 6.33 Å². The lowest BCUT2D eigenvalue weighted by molar-refractivity contribution is 0.104. The minimum atomic E-state index is 0. The molecular formula is C29H35Cl3N4. The van der Waals surface area contributed by atoms with Crippen molar-refractivity contribution in [2.75, 3.05) is 26.2 Å². The van der Waals surface area contributed by atoms with Crippen molar-refractivity contribution >= 4 is 37.2 Å². The Bertz CT molecular complexity index is 1130. The van der Waals surface area contributed by atoms with Crippen molar-refractivity contribution in [3.05, 3.63) is 119 Å². The van der Waals surface area contributed by atoms with Crippen LogP contribution >= 0.6 is 37.2 Å². The van der Waals surface area contributed by atoms with Gasteiger partial charge in [-0.3, -0.25) is 9.80 Å². The Morgan fingerprint density at radius 2 is 1.22 bits per heavy atom. The van der Waals surface area contributed by atoms with Crippen LogP contribution in [0.4, 0.5) is 0 Å². The normalized spacial score (nSPS) is 14.0. The maximum atomic E-state index is 4.77. The Labute approximate surface area is 233 Å². The number of rotatable bonds is 6. The number of nitrogens with zero attached hydrogens (tertiary/aromatic N) is 4. The Kier molecular flexibility index (Phi) is 11.5. The van der Waals surface area contributed by atoms with Crippen LogP contribution in [0.1, 0.15) is 34.1 Å². The van der Waals surface area contributed by atoms with Gasteiger partial charge in [0.05, 0.1) is 18.1 Å². The molecule has 1 aliphatic heterocycles. The van der Waals surface area contributed by atoms with Crippen LogP contribution in [-0.2, 0) is 6.54 Å². The van der Waals surface area contributed by atoms with Gasteiger partial charge in [0.2, 0.25) is 0 Å². The highest BCUT2D eigenvalue weighted by Gasteiger charge is 2.26. The third-order valence-corrected chi connectivity index (χ3v) is 6.80. The zero-order valence-electron chi connectivity index (χ0n) is 20.8. The minimum Gasteiger partial charge on any atom is -0.303 e. The molecule has 0 spiro atoms. The Morgan fingerprint density at radius 3 is 1.75 bits per heavy atom. The highest BCUT2D eigenvalue weighted by molar-refractivity contribution is 5.86. The molecule has 0 bridgehead atoms. The summed E-state index contributed by atoms with van der Waals surface area (Å²) in [6.45, 7) is 9.40. The number of benzene rings is 3. The third kappa shape index (κ3) is 6.70. The Balaban J connectivity index is 0.00000152. The lowest BCUT2D eigenvalue weighted by atomic mass is 9.96. The lowest BCUT2D eigenvalue weighted by Crippen LogP contribution is -2.47. The summed E-state index contributed by atoms with van der Waals surface area (Å²) in [5.41, 5.74) is 7.59. The van der Waals surface area contributed by atoms with Crippen molar-refractivity contribution in [1.82, 2.24) is 19.4 Å². The van der Waals surface area contributed by atoms with E-state index >= 15 is 0 Å². The zero-order valence-corrected chi connectivity index (χ0v) is 23.2. The van der Waals surface area contributed by atoms with E-state index in [-0.39, 0.29) is 37.2 Å². The molecule has 3 aromatic carbocycles. The smallest absolute Gasteiger partial charge is 0.0998 e. The highest BCUT2D eigenvalue weighted by atomic mass is 35.5. The molecule has 0 radical (unpaired) electrons. The molecule has 1 aliphatic rings. The maximum Gasteiger partial charge on any atom is 0.0998 e. The first kappa shape index (κ1) is 29.9. The molecular weight excluding hydrogens is 511 g/mol. The van der Waals surface area contributed by atoms with Gasteiger partial charge in [-0.1, -0.05) is 78.4 Å². The fraction of sp³-hybridized carbons (Fsp3) is 0.276. The summed E-state index contributed by atoms with van der Waals surface area (Å²) in [7, 11) is 0. The van der Waals surface area contributed by atoms with Gasteiger partial charge >= 0.3 is 0 Å². The summed E-state index contributed by atoms with van der Waals surface area (Å²) in [5.74, 6) is 0. The van der Waals surface area contributed by atoms with E-state index < -0.39 is 0 Å². The van der Waals surface area contributed by atoms with Gasteiger partial charge in [-0.2, -0.15) is 0 Å². The topological polar surface area (TPSA) is 24.3 Å². The molecule has 0 atom stereocenters. The molecule has 5 rings (SSSR count). The number of halogens is 3. The average molecular weight is 546 g/mol. The summed E-state index contributed by atoms with van der Waals surface area (Å²) < 4.78 is 2.20. The molecule has 4 nitrogen and oxygen atoms in total. The monoisotopic (exact) mass is 544 g/mol. The second-order valence-electron chi connectivity index (χ2n) is 9.02. The van der Waals surface area contributed by atoms with Gasteiger partial charge in [-0.05, 0) is 37.1 Å². The summed E-state index contributed by atoms with van der Waals surface area (Å²) in [6, 6.07) is 30.8. The molecule has 192 valence electrons. The molecule has 1 saturated heterocycles. The van der Waals surface area contributed by atoms with E-state index in [1.165, 1.54) is 33.8 Å². The highest BCUT2D eigenvalue weighted by Crippen LogP contribution is 2.29. The first-order valence-corrected chi connectivity index (χ1v) is 11.9. The first-order valence-electron chi connectivity index (χ1n) is 11.9. The van der Waals surface area contributed by atoms with E-state index in [0.717, 1.165) is 32.7 Å². The van der Waals surface area contributed by atoms with Crippen molar-refractivity contribution in [2.24, 2.45) is 0 Å². The number of hydrogen-bond donors (Lipinski definition) is 0. The molecule has 0 N–H and O–H groups in total. The third-order valence-electron chi connectivity index (χ3n) is 6.80. The van der Waals surface area contributed by atoms with E-state index in [9.17, 15) is 0 Å². The SMILES string of the molecule is Cc1ccc(-n2cnc(CN3CCN(C(c4ccccc4)c4ccccc4)CC3)c2C)cc1.Cl.Cl.Cl. The molecule has 0 unspecified atom stereocenters. The van der Waals surface area contributed by atoms with Crippen LogP contribution in [0.2, 0.25) is 0 Å². The largest absolute Gasteiger partial charge is 0.303 e. The molecule has 4 aromatic rings. The summed E-state index contributed by atoms with van der Waals surface area (Å²) in [4.78, 5) is 9.93. The molecule has 1 aromatic heterocycles. The average Bonchev–Trinajstić information content (AvgIpc) is 3.22. The quantitative estimate of drug-likeness (QED) is 0.271. The number of imidazole rings is 1. The van der Waals surface area contributed by atoms with Crippen molar-refractivity contribution < 1.29 is 0 Å². The first-order chi connectivity index (χ1) is 16.2. The predicted octanol–water partition coefficient (Wildman–Crippen LogP) is 6.66. The molecule has 0 amide bonds. The lowest BCUT2D eigenvalue weighted by Gasteiger charge is -2.39. The van der Waals surface area contributed by atoms with E-state index in [0.29, 0.717) is 6.04 Å². The fourth-order valence-electron chi connectivity index (χ4n) is 4.84. The van der Waals surface area contributed by atoms with Gasteiger partial charge in [-0.15, -0.1) is 37.2 Å². The van der Waals surface area contributed by atoms with Crippen LogP contribution in [0, 0.1) is 13.8 Å². The van der Waals surface area contributed by atoms with Crippen LogP contribution < -0.4 is 0 Å². The van der Waals surface area contributed by atoms with Crippen LogP contribution in [0.15, 0.2) is 91.3 Å². The number of aryl methyl sites for hydroxylation is 1. The molecule has 7 heteroatoms. The van der Waals surface area contributed by atoms with E-state index in [1.54, 1.807) is 0 Å². The molecule has 0 saturated carbocycles. The second-order valence-corrected chi connectivity index (χ2v) is 9.02. The van der Waals surface area contributed by atoms with Gasteiger partial charge in [0, 0.05) is 44.1 Å². The van der Waals surface area contributed by atoms with Gasteiger partial charge < -0.3 is 4.57 Å². The van der Waals surface area contributed by atoms with E-state index in [4.69, 9.17) is 4.98 Å². The molecule has 36 heavy (non-hydrogen) atoms. The maximum absolute atomic E-state index is 4.77. The summed E-state index contributed by atoms with van der Waals surface area (Å²) >= 11 is 0. The second kappa shape index (κ2) is 13.8. The van der Waals surface area contributed by atoms with Crippen LogP contribution in [-0.4, -0.2) is 45.5 Å². The summed E-state index contributed by atoms with van der Waals surface area (Å²) in [5, 5.41) is 0. The predicted molar refractivity (Wildman–Crippen MR) is 156 cm³/mol. The number of hydrogen-bond acceptors (Lipinski definition) is 3. The van der Waals surface area contributed by atoms with Gasteiger partial charge in [0.15, 0.2) is 0 Å². The fourth-order valence-corrected chi connectivity index (χ4v) is 4.84. The van der Waals surface area contributed by atoms with Crippen LogP contribution in [0.25, 0.3) is 5.69 Å². The number of piperazine rings is 1. The van der Waals surface area contributed by atoms with Crippen molar-refractivity contribution in [2.45, 2.75) is 26.4 Å². The minimum absolute atomic E-state index is 0. The van der Waals surface area contributed by atoms with Gasteiger partial charge in [0.1, 0.15) is 0 Å². The summed E-state index contributed by atoms with van der Waals surface area (Å²) in [6.07, 6.45) is 1.96. The van der Waals surface area contributed by atoms with Crippen molar-refractivity contribution in [3.8, 4) is 5.69 Å². The Hall–Kier alpha value is -2.34. The van der Waals surface area contributed by atoms with Crippen molar-refractivity contribution in [1.29, 1.82) is 0 Å². The molecule has 2 heterocycles. The van der Waals surface area contributed by atoms with Crippen LogP contribution in [0.3, 0.4) is 0 Å². The molecule has 0 aliphatic carbocycles. The van der Waals surface area contributed by atoms with E-state index in [2.05, 4.69) is 113 Å².